The summed E-state index contributed by atoms with van der Waals surface area (Å²) in [6.45, 7) is 5.19. The lowest BCUT2D eigenvalue weighted by atomic mass is 10.1. The Morgan fingerprint density at radius 2 is 1.95 bits per heavy atom. The van der Waals surface area contributed by atoms with Crippen molar-refractivity contribution in [3.8, 4) is 0 Å². The molecule has 0 N–H and O–H groups in total. The normalized spacial score (nSPS) is 14.4. The summed E-state index contributed by atoms with van der Waals surface area (Å²) in [6.07, 6.45) is -0.0633. The van der Waals surface area contributed by atoms with Gasteiger partial charge in [-0.1, -0.05) is 0 Å². The molecule has 0 saturated carbocycles. The molecule has 2 rings (SSSR count). The van der Waals surface area contributed by atoms with Crippen LogP contribution in [0.1, 0.15) is 37.6 Å². The van der Waals surface area contributed by atoms with Crippen molar-refractivity contribution in [2.45, 2.75) is 32.8 Å². The lowest BCUT2D eigenvalue weighted by Crippen LogP contribution is -2.33. The van der Waals surface area contributed by atoms with Gasteiger partial charge in [0.1, 0.15) is 11.4 Å². The molecular formula is C15H16FNO4. The third-order valence-electron chi connectivity index (χ3n) is 2.89. The van der Waals surface area contributed by atoms with Crippen LogP contribution in [0.2, 0.25) is 0 Å². The van der Waals surface area contributed by atoms with Crippen LogP contribution >= 0.6 is 0 Å². The summed E-state index contributed by atoms with van der Waals surface area (Å²) in [4.78, 5) is 36.4. The van der Waals surface area contributed by atoms with Crippen LogP contribution in [0.5, 0.6) is 0 Å². The molecule has 6 heteroatoms. The van der Waals surface area contributed by atoms with Gasteiger partial charge in [0.15, 0.2) is 0 Å². The maximum Gasteiger partial charge on any atom is 0.308 e. The number of benzene rings is 1. The number of ketones is 1. The maximum absolute atomic E-state index is 13.3. The summed E-state index contributed by atoms with van der Waals surface area (Å²) in [5.74, 6) is -2.46. The average Bonchev–Trinajstić information content (AvgIpc) is 2.57. The van der Waals surface area contributed by atoms with E-state index in [0.29, 0.717) is 0 Å². The number of carbonyl (C=O) groups excluding carboxylic acids is 3. The summed E-state index contributed by atoms with van der Waals surface area (Å²) in [6, 6.07) is 3.52. The Morgan fingerprint density at radius 3 is 2.57 bits per heavy atom. The Hall–Kier alpha value is -2.24. The summed E-state index contributed by atoms with van der Waals surface area (Å²) in [7, 11) is 0. The number of carbonyl (C=O) groups is 3. The Balaban J connectivity index is 2.12. The fourth-order valence-electron chi connectivity index (χ4n) is 2.08. The number of fused-ring (bicyclic) bond motifs is 1. The quantitative estimate of drug-likeness (QED) is 0.632. The Bertz CT molecular complexity index is 619. The van der Waals surface area contributed by atoms with Crippen LogP contribution < -0.4 is 4.90 Å². The third kappa shape index (κ3) is 3.26. The minimum Gasteiger partial charge on any atom is -0.460 e. The van der Waals surface area contributed by atoms with Gasteiger partial charge in [-0.2, -0.15) is 0 Å². The van der Waals surface area contributed by atoms with E-state index in [1.807, 2.05) is 0 Å². The number of amides is 1. The van der Waals surface area contributed by atoms with Crippen molar-refractivity contribution in [3.63, 3.8) is 0 Å². The molecule has 1 amide bonds. The zero-order chi connectivity index (χ0) is 15.8. The van der Waals surface area contributed by atoms with Crippen molar-refractivity contribution in [1.82, 2.24) is 0 Å². The van der Waals surface area contributed by atoms with E-state index in [4.69, 9.17) is 4.74 Å². The smallest absolute Gasteiger partial charge is 0.308 e. The lowest BCUT2D eigenvalue weighted by molar-refractivity contribution is -0.154. The zero-order valence-electron chi connectivity index (χ0n) is 12.1. The first-order valence-corrected chi connectivity index (χ1v) is 6.56. The number of hydrogen-bond donors (Lipinski definition) is 0. The molecular weight excluding hydrogens is 277 g/mol. The van der Waals surface area contributed by atoms with Gasteiger partial charge < -0.3 is 9.64 Å². The highest BCUT2D eigenvalue weighted by atomic mass is 19.1. The molecule has 1 aromatic carbocycles. The van der Waals surface area contributed by atoms with E-state index in [9.17, 15) is 18.8 Å². The number of Topliss-reactive ketones (excluding diaryl/α,β-unsaturated/α-hetero) is 1. The van der Waals surface area contributed by atoms with Crippen LogP contribution in [0.4, 0.5) is 10.1 Å². The first-order chi connectivity index (χ1) is 9.69. The van der Waals surface area contributed by atoms with Crippen LogP contribution in [0.25, 0.3) is 0 Å². The van der Waals surface area contributed by atoms with Crippen LogP contribution in [0.15, 0.2) is 18.2 Å². The number of halogens is 1. The largest absolute Gasteiger partial charge is 0.460 e. The van der Waals surface area contributed by atoms with Crippen molar-refractivity contribution in [2.75, 3.05) is 11.4 Å². The molecule has 0 aliphatic carbocycles. The van der Waals surface area contributed by atoms with Gasteiger partial charge >= 0.3 is 5.97 Å². The lowest BCUT2D eigenvalue weighted by Gasteiger charge is -2.21. The fourth-order valence-corrected chi connectivity index (χ4v) is 2.08. The van der Waals surface area contributed by atoms with E-state index < -0.39 is 29.1 Å². The molecule has 0 atom stereocenters. The van der Waals surface area contributed by atoms with Gasteiger partial charge in [-0.3, -0.25) is 14.4 Å². The average molecular weight is 293 g/mol. The topological polar surface area (TPSA) is 63.7 Å². The number of hydrogen-bond acceptors (Lipinski definition) is 4. The molecule has 0 radical (unpaired) electrons. The number of nitrogens with zero attached hydrogens (tertiary/aromatic N) is 1. The van der Waals surface area contributed by atoms with Crippen molar-refractivity contribution in [2.24, 2.45) is 0 Å². The molecule has 1 heterocycles. The molecule has 112 valence electrons. The van der Waals surface area contributed by atoms with Crippen LogP contribution in [-0.2, 0) is 14.3 Å². The zero-order valence-corrected chi connectivity index (χ0v) is 12.1. The first kappa shape index (κ1) is 15.2. The highest BCUT2D eigenvalue weighted by Crippen LogP contribution is 2.29. The predicted octanol–water partition coefficient (Wildman–Crippen LogP) is 2.09. The van der Waals surface area contributed by atoms with E-state index in [1.165, 1.54) is 6.07 Å². The molecule has 0 saturated heterocycles. The molecule has 0 aromatic heterocycles. The SMILES string of the molecule is CC(C)(C)OC(=O)CCN1C(=O)C(=O)c2ccc(F)cc21. The molecule has 0 bridgehead atoms. The van der Waals surface area contributed by atoms with Gasteiger partial charge in [0, 0.05) is 6.54 Å². The Morgan fingerprint density at radius 1 is 1.29 bits per heavy atom. The van der Waals surface area contributed by atoms with Gasteiger partial charge in [0.25, 0.3) is 11.7 Å². The first-order valence-electron chi connectivity index (χ1n) is 6.56. The van der Waals surface area contributed by atoms with Crippen LogP contribution in [0, 0.1) is 5.82 Å². The van der Waals surface area contributed by atoms with Gasteiger partial charge in [-0.05, 0) is 39.0 Å². The van der Waals surface area contributed by atoms with Crippen molar-refractivity contribution in [1.29, 1.82) is 0 Å². The van der Waals surface area contributed by atoms with E-state index in [2.05, 4.69) is 0 Å². The fraction of sp³-hybridized carbons (Fsp3) is 0.400. The summed E-state index contributed by atoms with van der Waals surface area (Å²) >= 11 is 0. The maximum atomic E-state index is 13.3. The molecule has 1 aromatic rings. The van der Waals surface area contributed by atoms with Crippen LogP contribution in [-0.4, -0.2) is 29.8 Å². The van der Waals surface area contributed by atoms with E-state index in [-0.39, 0.29) is 24.2 Å². The molecule has 1 aliphatic heterocycles. The molecule has 0 fully saturated rings. The van der Waals surface area contributed by atoms with Crippen molar-refractivity contribution < 1.29 is 23.5 Å². The minimum atomic E-state index is -0.751. The highest BCUT2D eigenvalue weighted by Gasteiger charge is 2.36. The number of esters is 1. The molecule has 0 spiro atoms. The van der Waals surface area contributed by atoms with Gasteiger partial charge in [-0.25, -0.2) is 4.39 Å². The second-order valence-electron chi connectivity index (χ2n) is 5.78. The molecule has 1 aliphatic rings. The number of anilines is 1. The van der Waals surface area contributed by atoms with Crippen molar-refractivity contribution >= 4 is 23.3 Å². The predicted molar refractivity (Wildman–Crippen MR) is 73.5 cm³/mol. The minimum absolute atomic E-state index is 0.0179. The second kappa shape index (κ2) is 5.27. The van der Waals surface area contributed by atoms with Crippen LogP contribution in [0.3, 0.4) is 0 Å². The molecule has 21 heavy (non-hydrogen) atoms. The van der Waals surface area contributed by atoms with E-state index >= 15 is 0 Å². The molecule has 0 unspecified atom stereocenters. The number of ether oxygens (including phenoxy) is 1. The van der Waals surface area contributed by atoms with E-state index in [0.717, 1.165) is 17.0 Å². The Kier molecular flexibility index (Phi) is 3.80. The van der Waals surface area contributed by atoms with Gasteiger partial charge in [-0.15, -0.1) is 0 Å². The summed E-state index contributed by atoms with van der Waals surface area (Å²) in [5, 5.41) is 0. The van der Waals surface area contributed by atoms with Crippen molar-refractivity contribution in [3.05, 3.63) is 29.6 Å². The van der Waals surface area contributed by atoms with E-state index in [1.54, 1.807) is 20.8 Å². The highest BCUT2D eigenvalue weighted by molar-refractivity contribution is 6.52. The second-order valence-corrected chi connectivity index (χ2v) is 5.78. The monoisotopic (exact) mass is 293 g/mol. The molecule has 5 nitrogen and oxygen atoms in total. The summed E-state index contributed by atoms with van der Waals surface area (Å²) < 4.78 is 18.4. The third-order valence-corrected chi connectivity index (χ3v) is 2.89. The van der Waals surface area contributed by atoms with Gasteiger partial charge in [0.2, 0.25) is 0 Å². The Labute approximate surface area is 121 Å². The summed E-state index contributed by atoms with van der Waals surface area (Å²) in [5.41, 5.74) is -0.259. The standard InChI is InChI=1S/C15H16FNO4/c1-15(2,3)21-12(18)6-7-17-11-8-9(16)4-5-10(11)13(19)14(17)20/h4-5,8H,6-7H2,1-3H3. The number of rotatable bonds is 3. The van der Waals surface area contributed by atoms with Gasteiger partial charge in [0.05, 0.1) is 17.7 Å².